The average Bonchev–Trinajstić information content (AvgIpc) is 2.75. The Morgan fingerprint density at radius 2 is 2.05 bits per heavy atom. The molecule has 5 nitrogen and oxygen atoms in total. The number of hydrogen-bond donors (Lipinski definition) is 2. The van der Waals surface area contributed by atoms with Crippen LogP contribution in [0.4, 0.5) is 5.69 Å². The minimum Gasteiger partial charge on any atom is -0.464 e. The highest BCUT2D eigenvalue weighted by Crippen LogP contribution is 2.29. The van der Waals surface area contributed by atoms with Gasteiger partial charge in [-0.3, -0.25) is 4.72 Å². The first-order valence-corrected chi connectivity index (χ1v) is 8.70. The fourth-order valence-corrected chi connectivity index (χ4v) is 4.02. The highest BCUT2D eigenvalue weighted by molar-refractivity contribution is 9.10. The standard InChI is InChI=1S/C13H14BrClN2O3S/c1-8-13(6-10(20-8)7-16-2)21(18,19)17-12-4-3-9(15)5-11(12)14/h3-6,16-17H,7H2,1-2H3. The van der Waals surface area contributed by atoms with Gasteiger partial charge in [-0.05, 0) is 48.1 Å². The molecule has 0 radical (unpaired) electrons. The Labute approximate surface area is 136 Å². The van der Waals surface area contributed by atoms with Gasteiger partial charge in [-0.2, -0.15) is 0 Å². The molecule has 0 aliphatic rings. The largest absolute Gasteiger partial charge is 0.464 e. The van der Waals surface area contributed by atoms with Crippen molar-refractivity contribution in [3.05, 3.63) is 45.3 Å². The van der Waals surface area contributed by atoms with Gasteiger partial charge >= 0.3 is 0 Å². The normalized spacial score (nSPS) is 11.6. The minimum atomic E-state index is -3.72. The van der Waals surface area contributed by atoms with Crippen LogP contribution in [0.25, 0.3) is 0 Å². The van der Waals surface area contributed by atoms with Crippen LogP contribution in [-0.4, -0.2) is 15.5 Å². The zero-order chi connectivity index (χ0) is 15.6. The predicted octanol–water partition coefficient (Wildman–Crippen LogP) is 3.52. The Balaban J connectivity index is 2.34. The van der Waals surface area contributed by atoms with Gasteiger partial charge in [0, 0.05) is 15.6 Å². The van der Waals surface area contributed by atoms with Crippen LogP contribution in [0.1, 0.15) is 11.5 Å². The molecule has 2 aromatic rings. The molecule has 2 N–H and O–H groups in total. The fraction of sp³-hybridized carbons (Fsp3) is 0.231. The molecule has 1 heterocycles. The van der Waals surface area contributed by atoms with Gasteiger partial charge in [-0.25, -0.2) is 8.42 Å². The number of sulfonamides is 1. The Morgan fingerprint density at radius 1 is 1.33 bits per heavy atom. The van der Waals surface area contributed by atoms with Crippen molar-refractivity contribution in [2.75, 3.05) is 11.8 Å². The maximum absolute atomic E-state index is 12.4. The Bertz CT molecular complexity index is 759. The summed E-state index contributed by atoms with van der Waals surface area (Å²) in [7, 11) is -1.96. The van der Waals surface area contributed by atoms with Crippen LogP contribution >= 0.6 is 27.5 Å². The summed E-state index contributed by atoms with van der Waals surface area (Å²) in [6.07, 6.45) is 0. The smallest absolute Gasteiger partial charge is 0.265 e. The zero-order valence-electron chi connectivity index (χ0n) is 11.4. The number of furan rings is 1. The van der Waals surface area contributed by atoms with Crippen LogP contribution < -0.4 is 10.0 Å². The van der Waals surface area contributed by atoms with Crippen LogP contribution in [0.3, 0.4) is 0 Å². The van der Waals surface area contributed by atoms with Crippen LogP contribution in [0, 0.1) is 6.92 Å². The third-order valence-corrected chi connectivity index (χ3v) is 5.10. The second-order valence-corrected chi connectivity index (χ2v) is 7.33. The first-order valence-electron chi connectivity index (χ1n) is 6.05. The number of benzene rings is 1. The van der Waals surface area contributed by atoms with Gasteiger partial charge in [0.2, 0.25) is 0 Å². The molecule has 0 unspecified atom stereocenters. The molecule has 114 valence electrons. The molecule has 0 saturated carbocycles. The van der Waals surface area contributed by atoms with Crippen LogP contribution in [0.5, 0.6) is 0 Å². The molecular formula is C13H14BrClN2O3S. The summed E-state index contributed by atoms with van der Waals surface area (Å²) < 4.78 is 33.4. The van der Waals surface area contributed by atoms with E-state index in [0.29, 0.717) is 33.2 Å². The van der Waals surface area contributed by atoms with Crippen LogP contribution in [0.2, 0.25) is 5.02 Å². The van der Waals surface area contributed by atoms with Gasteiger partial charge in [-0.1, -0.05) is 11.6 Å². The number of hydrogen-bond acceptors (Lipinski definition) is 4. The van der Waals surface area contributed by atoms with E-state index in [0.717, 1.165) is 0 Å². The molecule has 21 heavy (non-hydrogen) atoms. The summed E-state index contributed by atoms with van der Waals surface area (Å²) in [6, 6.07) is 6.33. The second kappa shape index (κ2) is 6.39. The van der Waals surface area contributed by atoms with Crippen molar-refractivity contribution in [3.63, 3.8) is 0 Å². The van der Waals surface area contributed by atoms with E-state index >= 15 is 0 Å². The molecular weight excluding hydrogens is 380 g/mol. The van der Waals surface area contributed by atoms with Crippen molar-refractivity contribution in [1.29, 1.82) is 0 Å². The minimum absolute atomic E-state index is 0.120. The summed E-state index contributed by atoms with van der Waals surface area (Å²) in [6.45, 7) is 2.08. The molecule has 0 fully saturated rings. The number of aryl methyl sites for hydroxylation is 1. The monoisotopic (exact) mass is 392 g/mol. The average molecular weight is 394 g/mol. The second-order valence-electron chi connectivity index (χ2n) is 4.39. The first kappa shape index (κ1) is 16.4. The van der Waals surface area contributed by atoms with Crippen molar-refractivity contribution in [2.24, 2.45) is 0 Å². The lowest BCUT2D eigenvalue weighted by atomic mass is 10.3. The van der Waals surface area contributed by atoms with Crippen molar-refractivity contribution in [2.45, 2.75) is 18.4 Å². The summed E-state index contributed by atoms with van der Waals surface area (Å²) in [5.41, 5.74) is 0.412. The lowest BCUT2D eigenvalue weighted by Crippen LogP contribution is -2.13. The van der Waals surface area contributed by atoms with Gasteiger partial charge in [0.1, 0.15) is 16.4 Å². The van der Waals surface area contributed by atoms with E-state index in [4.69, 9.17) is 16.0 Å². The molecule has 1 aromatic heterocycles. The lowest BCUT2D eigenvalue weighted by molar-refractivity contribution is 0.466. The van der Waals surface area contributed by atoms with E-state index in [-0.39, 0.29) is 4.90 Å². The predicted molar refractivity (Wildman–Crippen MR) is 86.2 cm³/mol. The molecule has 0 atom stereocenters. The van der Waals surface area contributed by atoms with Gasteiger partial charge < -0.3 is 9.73 Å². The highest BCUT2D eigenvalue weighted by Gasteiger charge is 2.22. The van der Waals surface area contributed by atoms with Crippen molar-refractivity contribution in [1.82, 2.24) is 5.32 Å². The Kier molecular flexibility index (Phi) is 4.98. The van der Waals surface area contributed by atoms with Crippen LogP contribution in [0.15, 0.2) is 38.1 Å². The summed E-state index contributed by atoms with van der Waals surface area (Å²) in [5.74, 6) is 0.906. The van der Waals surface area contributed by atoms with E-state index in [2.05, 4.69) is 26.0 Å². The Hall–Kier alpha value is -1.02. The molecule has 1 aromatic carbocycles. The van der Waals surface area contributed by atoms with Gasteiger partial charge in [0.15, 0.2) is 0 Å². The van der Waals surface area contributed by atoms with Gasteiger partial charge in [0.25, 0.3) is 10.0 Å². The lowest BCUT2D eigenvalue weighted by Gasteiger charge is -2.09. The summed E-state index contributed by atoms with van der Waals surface area (Å²) >= 11 is 9.12. The Morgan fingerprint density at radius 3 is 2.67 bits per heavy atom. The van der Waals surface area contributed by atoms with E-state index in [9.17, 15) is 8.42 Å². The van der Waals surface area contributed by atoms with E-state index in [1.165, 1.54) is 6.07 Å². The number of halogens is 2. The molecule has 0 aliphatic heterocycles. The third kappa shape index (κ3) is 3.79. The maximum atomic E-state index is 12.4. The number of nitrogens with one attached hydrogen (secondary N) is 2. The third-order valence-electron chi connectivity index (χ3n) is 2.74. The van der Waals surface area contributed by atoms with Crippen LogP contribution in [-0.2, 0) is 16.6 Å². The topological polar surface area (TPSA) is 71.3 Å². The van der Waals surface area contributed by atoms with Gasteiger partial charge in [-0.15, -0.1) is 0 Å². The highest BCUT2D eigenvalue weighted by atomic mass is 79.9. The van der Waals surface area contributed by atoms with Crippen molar-refractivity contribution in [3.8, 4) is 0 Å². The fourth-order valence-electron chi connectivity index (χ4n) is 1.82. The maximum Gasteiger partial charge on any atom is 0.265 e. The molecule has 0 amide bonds. The molecule has 0 bridgehead atoms. The summed E-state index contributed by atoms with van der Waals surface area (Å²) in [5, 5.41) is 3.42. The zero-order valence-corrected chi connectivity index (χ0v) is 14.6. The first-order chi connectivity index (χ1) is 9.83. The number of anilines is 1. The van der Waals surface area contributed by atoms with E-state index < -0.39 is 10.0 Å². The quantitative estimate of drug-likeness (QED) is 0.815. The molecule has 0 aliphatic carbocycles. The molecule has 8 heteroatoms. The summed E-state index contributed by atoms with van der Waals surface area (Å²) in [4.78, 5) is 0.120. The van der Waals surface area contributed by atoms with E-state index in [1.807, 2.05) is 0 Å². The SMILES string of the molecule is CNCc1cc(S(=O)(=O)Nc2ccc(Cl)cc2Br)c(C)o1. The van der Waals surface area contributed by atoms with Gasteiger partial charge in [0.05, 0.1) is 12.2 Å². The van der Waals surface area contributed by atoms with E-state index in [1.54, 1.807) is 32.2 Å². The molecule has 0 saturated heterocycles. The molecule has 0 spiro atoms. The van der Waals surface area contributed by atoms with Crippen molar-refractivity contribution >= 4 is 43.2 Å². The molecule has 2 rings (SSSR count). The van der Waals surface area contributed by atoms with Crippen molar-refractivity contribution < 1.29 is 12.8 Å². The number of rotatable bonds is 5.